The van der Waals surface area contributed by atoms with E-state index in [9.17, 15) is 0 Å². The molecule has 0 aliphatic heterocycles. The van der Waals surface area contributed by atoms with Gasteiger partial charge in [-0.05, 0) is 51.2 Å². The first-order valence-electron chi connectivity index (χ1n) is 8.28. The fourth-order valence-electron chi connectivity index (χ4n) is 3.14. The van der Waals surface area contributed by atoms with E-state index >= 15 is 0 Å². The van der Waals surface area contributed by atoms with E-state index in [1.54, 1.807) is 0 Å². The SMILES string of the molecule is Cc1nc(CCNC(C)Cn2cccn2)nc2c1CCCC2. The number of nitrogens with zero attached hydrogens (tertiary/aromatic N) is 4. The first-order chi connectivity index (χ1) is 10.7. The van der Waals surface area contributed by atoms with Crippen molar-refractivity contribution >= 4 is 0 Å². The Balaban J connectivity index is 1.52. The van der Waals surface area contributed by atoms with Crippen molar-refractivity contribution in [3.63, 3.8) is 0 Å². The minimum Gasteiger partial charge on any atom is -0.312 e. The number of fused-ring (bicyclic) bond motifs is 1. The van der Waals surface area contributed by atoms with Crippen LogP contribution in [0.15, 0.2) is 18.5 Å². The van der Waals surface area contributed by atoms with Crippen LogP contribution < -0.4 is 5.32 Å². The molecular weight excluding hydrogens is 274 g/mol. The highest BCUT2D eigenvalue weighted by atomic mass is 15.3. The third-order valence-electron chi connectivity index (χ3n) is 4.30. The molecule has 0 saturated carbocycles. The second-order valence-electron chi connectivity index (χ2n) is 6.19. The topological polar surface area (TPSA) is 55.6 Å². The van der Waals surface area contributed by atoms with Crippen molar-refractivity contribution in [3.8, 4) is 0 Å². The molecule has 0 fully saturated rings. The lowest BCUT2D eigenvalue weighted by Crippen LogP contribution is -2.32. The molecule has 0 spiro atoms. The summed E-state index contributed by atoms with van der Waals surface area (Å²) in [4.78, 5) is 9.47. The van der Waals surface area contributed by atoms with Crippen LogP contribution in [0, 0.1) is 6.92 Å². The average Bonchev–Trinajstić information content (AvgIpc) is 3.00. The maximum atomic E-state index is 4.78. The van der Waals surface area contributed by atoms with Gasteiger partial charge in [0.25, 0.3) is 0 Å². The Bertz CT molecular complexity index is 606. The summed E-state index contributed by atoms with van der Waals surface area (Å²) in [6, 6.07) is 2.34. The van der Waals surface area contributed by atoms with Gasteiger partial charge in [0.05, 0.1) is 6.54 Å². The van der Waals surface area contributed by atoms with Crippen LogP contribution in [0.1, 0.15) is 42.5 Å². The summed E-state index contributed by atoms with van der Waals surface area (Å²) >= 11 is 0. The van der Waals surface area contributed by atoms with E-state index in [2.05, 4.69) is 24.3 Å². The van der Waals surface area contributed by atoms with Gasteiger partial charge in [0.1, 0.15) is 5.82 Å². The van der Waals surface area contributed by atoms with E-state index in [4.69, 9.17) is 9.97 Å². The van der Waals surface area contributed by atoms with Gasteiger partial charge in [-0.2, -0.15) is 5.10 Å². The standard InChI is InChI=1S/C17H25N5/c1-13(12-22-11-5-9-19-22)18-10-8-17-20-14(2)15-6-3-4-7-16(15)21-17/h5,9,11,13,18H,3-4,6-8,10,12H2,1-2H3. The number of hydrogen-bond donors (Lipinski definition) is 1. The first kappa shape index (κ1) is 15.2. The molecule has 3 rings (SSSR count). The zero-order valence-corrected chi connectivity index (χ0v) is 13.5. The fourth-order valence-corrected chi connectivity index (χ4v) is 3.14. The number of hydrogen-bond acceptors (Lipinski definition) is 4. The largest absolute Gasteiger partial charge is 0.312 e. The Kier molecular flexibility index (Phi) is 4.83. The molecule has 1 N–H and O–H groups in total. The number of aryl methyl sites for hydroxylation is 2. The highest BCUT2D eigenvalue weighted by Gasteiger charge is 2.15. The van der Waals surface area contributed by atoms with Crippen molar-refractivity contribution in [1.29, 1.82) is 0 Å². The van der Waals surface area contributed by atoms with Crippen molar-refractivity contribution in [2.45, 2.75) is 58.5 Å². The number of rotatable bonds is 6. The summed E-state index contributed by atoms with van der Waals surface area (Å²) < 4.78 is 1.96. The zero-order valence-electron chi connectivity index (χ0n) is 13.5. The van der Waals surface area contributed by atoms with E-state index < -0.39 is 0 Å². The molecule has 118 valence electrons. The lowest BCUT2D eigenvalue weighted by molar-refractivity contribution is 0.452. The second-order valence-corrected chi connectivity index (χ2v) is 6.19. The molecule has 0 amide bonds. The van der Waals surface area contributed by atoms with Gasteiger partial charge in [0.15, 0.2) is 0 Å². The van der Waals surface area contributed by atoms with Gasteiger partial charge in [-0.25, -0.2) is 9.97 Å². The molecule has 0 aromatic carbocycles. The molecule has 0 bridgehead atoms. The molecule has 5 nitrogen and oxygen atoms in total. The van der Waals surface area contributed by atoms with Crippen LogP contribution in [-0.4, -0.2) is 32.3 Å². The zero-order chi connectivity index (χ0) is 15.4. The van der Waals surface area contributed by atoms with E-state index in [0.717, 1.165) is 38.2 Å². The van der Waals surface area contributed by atoms with Crippen LogP contribution in [-0.2, 0) is 25.8 Å². The molecule has 1 atom stereocenters. The van der Waals surface area contributed by atoms with E-state index in [1.807, 2.05) is 23.1 Å². The van der Waals surface area contributed by atoms with Crippen LogP contribution in [0.5, 0.6) is 0 Å². The number of nitrogens with one attached hydrogen (secondary N) is 1. The van der Waals surface area contributed by atoms with Gasteiger partial charge < -0.3 is 5.32 Å². The first-order valence-corrected chi connectivity index (χ1v) is 8.28. The van der Waals surface area contributed by atoms with E-state index in [-0.39, 0.29) is 0 Å². The maximum Gasteiger partial charge on any atom is 0.130 e. The monoisotopic (exact) mass is 299 g/mol. The molecule has 2 heterocycles. The fraction of sp³-hybridized carbons (Fsp3) is 0.588. The molecule has 2 aromatic rings. The normalized spacial score (nSPS) is 15.5. The Morgan fingerprint density at radius 3 is 2.95 bits per heavy atom. The summed E-state index contributed by atoms with van der Waals surface area (Å²) in [6.45, 7) is 6.10. The minimum atomic E-state index is 0.388. The second kappa shape index (κ2) is 7.01. The summed E-state index contributed by atoms with van der Waals surface area (Å²) in [5.41, 5.74) is 3.87. The molecule has 5 heteroatoms. The molecule has 22 heavy (non-hydrogen) atoms. The van der Waals surface area contributed by atoms with Crippen molar-refractivity contribution in [2.24, 2.45) is 0 Å². The van der Waals surface area contributed by atoms with Gasteiger partial charge in [0, 0.05) is 42.8 Å². The molecular formula is C17H25N5. The molecule has 1 unspecified atom stereocenters. The average molecular weight is 299 g/mol. The molecule has 1 aliphatic rings. The Morgan fingerprint density at radius 2 is 2.14 bits per heavy atom. The Morgan fingerprint density at radius 1 is 1.27 bits per heavy atom. The quantitative estimate of drug-likeness (QED) is 0.887. The Labute approximate surface area is 132 Å². The van der Waals surface area contributed by atoms with Crippen molar-refractivity contribution in [3.05, 3.63) is 41.2 Å². The predicted molar refractivity (Wildman–Crippen MR) is 86.8 cm³/mol. The van der Waals surface area contributed by atoms with Gasteiger partial charge >= 0.3 is 0 Å². The van der Waals surface area contributed by atoms with Crippen LogP contribution in [0.2, 0.25) is 0 Å². The van der Waals surface area contributed by atoms with Crippen molar-refractivity contribution < 1.29 is 0 Å². The van der Waals surface area contributed by atoms with Crippen molar-refractivity contribution in [1.82, 2.24) is 25.1 Å². The van der Waals surface area contributed by atoms with Crippen molar-refractivity contribution in [2.75, 3.05) is 6.54 Å². The summed E-state index contributed by atoms with van der Waals surface area (Å²) in [7, 11) is 0. The molecule has 0 saturated heterocycles. The van der Waals surface area contributed by atoms with Crippen LogP contribution >= 0.6 is 0 Å². The van der Waals surface area contributed by atoms with Gasteiger partial charge in [-0.3, -0.25) is 4.68 Å². The van der Waals surface area contributed by atoms with E-state index in [1.165, 1.54) is 29.8 Å². The third-order valence-corrected chi connectivity index (χ3v) is 4.30. The summed E-state index contributed by atoms with van der Waals surface area (Å²) in [6.07, 6.45) is 9.52. The molecule has 2 aromatic heterocycles. The summed E-state index contributed by atoms with van der Waals surface area (Å²) in [5, 5.41) is 7.76. The number of aromatic nitrogens is 4. The smallest absolute Gasteiger partial charge is 0.130 e. The maximum absolute atomic E-state index is 4.78. The highest BCUT2D eigenvalue weighted by Crippen LogP contribution is 2.21. The predicted octanol–water partition coefficient (Wildman–Crippen LogP) is 2.08. The van der Waals surface area contributed by atoms with Crippen LogP contribution in [0.4, 0.5) is 0 Å². The lowest BCUT2D eigenvalue weighted by Gasteiger charge is -2.18. The molecule has 1 aliphatic carbocycles. The van der Waals surface area contributed by atoms with Gasteiger partial charge in [0.2, 0.25) is 0 Å². The van der Waals surface area contributed by atoms with Crippen LogP contribution in [0.25, 0.3) is 0 Å². The third kappa shape index (κ3) is 3.71. The Hall–Kier alpha value is -1.75. The van der Waals surface area contributed by atoms with Gasteiger partial charge in [-0.15, -0.1) is 0 Å². The summed E-state index contributed by atoms with van der Waals surface area (Å²) in [5.74, 6) is 0.983. The van der Waals surface area contributed by atoms with E-state index in [0.29, 0.717) is 6.04 Å². The van der Waals surface area contributed by atoms with Gasteiger partial charge in [-0.1, -0.05) is 0 Å². The highest BCUT2D eigenvalue weighted by molar-refractivity contribution is 5.27. The molecule has 0 radical (unpaired) electrons. The van der Waals surface area contributed by atoms with Crippen LogP contribution in [0.3, 0.4) is 0 Å². The minimum absolute atomic E-state index is 0.388. The lowest BCUT2D eigenvalue weighted by atomic mass is 9.95.